The van der Waals surface area contributed by atoms with Crippen LogP contribution in [0.25, 0.3) is 0 Å². The number of benzene rings is 1. The van der Waals surface area contributed by atoms with Crippen LogP contribution in [0.1, 0.15) is 58.3 Å². The molecular weight excluding hydrogens is 440 g/mol. The van der Waals surface area contributed by atoms with Crippen molar-refractivity contribution in [3.63, 3.8) is 0 Å². The van der Waals surface area contributed by atoms with Gasteiger partial charge in [-0.05, 0) is 49.8 Å². The van der Waals surface area contributed by atoms with Crippen molar-refractivity contribution in [3.8, 4) is 0 Å². The number of hydrogen-bond acceptors (Lipinski definition) is 6. The molecule has 0 fully saturated rings. The van der Waals surface area contributed by atoms with Crippen LogP contribution in [0.3, 0.4) is 0 Å². The lowest BCUT2D eigenvalue weighted by Crippen LogP contribution is -2.30. The molecule has 3 rings (SSSR count). The minimum Gasteiger partial charge on any atom is -0.462 e. The Bertz CT molecular complexity index is 885. The van der Waals surface area contributed by atoms with Gasteiger partial charge in [-0.25, -0.2) is 4.79 Å². The number of rotatable bonds is 8. The third-order valence-electron chi connectivity index (χ3n) is 4.81. The Morgan fingerprint density at radius 2 is 2.00 bits per heavy atom. The van der Waals surface area contributed by atoms with Crippen LogP contribution >= 0.6 is 35.5 Å². The van der Waals surface area contributed by atoms with Gasteiger partial charge in [0, 0.05) is 22.9 Å². The van der Waals surface area contributed by atoms with Crippen LogP contribution in [-0.2, 0) is 17.7 Å². The van der Waals surface area contributed by atoms with Crippen molar-refractivity contribution in [1.29, 1.82) is 0 Å². The van der Waals surface area contributed by atoms with E-state index in [1.165, 1.54) is 11.3 Å². The second-order valence-electron chi connectivity index (χ2n) is 6.84. The van der Waals surface area contributed by atoms with Gasteiger partial charge in [0.25, 0.3) is 5.91 Å². The summed E-state index contributed by atoms with van der Waals surface area (Å²) >= 11 is 3.14. The summed E-state index contributed by atoms with van der Waals surface area (Å²) in [5, 5.41) is 3.62. The maximum atomic E-state index is 13.0. The number of esters is 1. The molecule has 2 aromatic rings. The van der Waals surface area contributed by atoms with Crippen molar-refractivity contribution in [2.75, 3.05) is 30.8 Å². The number of nitrogens with one attached hydrogen (secondary N) is 1. The molecule has 0 unspecified atom stereocenters. The number of hydrogen-bond donors (Lipinski definition) is 1. The molecule has 1 N–H and O–H groups in total. The third kappa shape index (κ3) is 5.58. The van der Waals surface area contributed by atoms with Crippen LogP contribution in [0, 0.1) is 0 Å². The molecule has 30 heavy (non-hydrogen) atoms. The molecule has 8 heteroatoms. The van der Waals surface area contributed by atoms with Crippen LogP contribution in [0.5, 0.6) is 0 Å². The Morgan fingerprint density at radius 1 is 1.23 bits per heavy atom. The Kier molecular flexibility index (Phi) is 9.68. The van der Waals surface area contributed by atoms with E-state index in [0.717, 1.165) is 53.6 Å². The van der Waals surface area contributed by atoms with E-state index in [9.17, 15) is 9.59 Å². The summed E-state index contributed by atoms with van der Waals surface area (Å²) in [5.41, 5.74) is 2.21. The zero-order valence-corrected chi connectivity index (χ0v) is 20.1. The van der Waals surface area contributed by atoms with Gasteiger partial charge in [-0.1, -0.05) is 26.0 Å². The SMILES string of the molecule is CCCN1CCc2c(sc(NC(=O)c3ccccc3SCC)c2C(=O)OCC)C1.Cl. The second-order valence-corrected chi connectivity index (χ2v) is 9.25. The van der Waals surface area contributed by atoms with Crippen molar-refractivity contribution < 1.29 is 14.3 Å². The number of anilines is 1. The fraction of sp³-hybridized carbons (Fsp3) is 0.455. The van der Waals surface area contributed by atoms with E-state index < -0.39 is 0 Å². The summed E-state index contributed by atoms with van der Waals surface area (Å²) in [6, 6.07) is 7.58. The van der Waals surface area contributed by atoms with Crippen molar-refractivity contribution >= 4 is 52.4 Å². The zero-order chi connectivity index (χ0) is 20.8. The van der Waals surface area contributed by atoms with Gasteiger partial charge in [0.05, 0.1) is 17.7 Å². The predicted molar refractivity (Wildman–Crippen MR) is 128 cm³/mol. The molecule has 0 saturated heterocycles. The van der Waals surface area contributed by atoms with Crippen molar-refractivity contribution in [3.05, 3.63) is 45.8 Å². The number of thiophene rings is 1. The molecule has 0 saturated carbocycles. The van der Waals surface area contributed by atoms with Crippen molar-refractivity contribution in [2.24, 2.45) is 0 Å². The number of fused-ring (bicyclic) bond motifs is 1. The van der Waals surface area contributed by atoms with Crippen LogP contribution in [0.15, 0.2) is 29.2 Å². The van der Waals surface area contributed by atoms with Gasteiger partial charge in [0.2, 0.25) is 0 Å². The molecule has 1 aromatic carbocycles. The van der Waals surface area contributed by atoms with E-state index in [-0.39, 0.29) is 24.3 Å². The maximum Gasteiger partial charge on any atom is 0.341 e. The Morgan fingerprint density at radius 3 is 2.70 bits per heavy atom. The highest BCUT2D eigenvalue weighted by Crippen LogP contribution is 2.38. The van der Waals surface area contributed by atoms with Crippen LogP contribution in [0.4, 0.5) is 5.00 Å². The highest BCUT2D eigenvalue weighted by atomic mass is 35.5. The van der Waals surface area contributed by atoms with Gasteiger partial charge in [-0.3, -0.25) is 9.69 Å². The molecule has 0 radical (unpaired) electrons. The van der Waals surface area contributed by atoms with E-state index in [1.54, 1.807) is 18.7 Å². The first-order valence-electron chi connectivity index (χ1n) is 10.2. The monoisotopic (exact) mass is 468 g/mol. The normalized spacial score (nSPS) is 13.3. The number of ether oxygens (including phenoxy) is 1. The first kappa shape index (κ1) is 24.7. The summed E-state index contributed by atoms with van der Waals surface area (Å²) in [4.78, 5) is 30.2. The minimum absolute atomic E-state index is 0. The van der Waals surface area contributed by atoms with E-state index in [2.05, 4.69) is 24.1 Å². The highest BCUT2D eigenvalue weighted by molar-refractivity contribution is 7.99. The van der Waals surface area contributed by atoms with Gasteiger partial charge in [-0.2, -0.15) is 0 Å². The van der Waals surface area contributed by atoms with Crippen LogP contribution < -0.4 is 5.32 Å². The maximum absolute atomic E-state index is 13.0. The smallest absolute Gasteiger partial charge is 0.341 e. The lowest BCUT2D eigenvalue weighted by molar-refractivity contribution is 0.0526. The Balaban J connectivity index is 0.00000320. The number of halogens is 1. The molecule has 1 aliphatic heterocycles. The average molecular weight is 469 g/mol. The van der Waals surface area contributed by atoms with Gasteiger partial charge >= 0.3 is 5.97 Å². The fourth-order valence-corrected chi connectivity index (χ4v) is 5.65. The molecule has 0 spiro atoms. The average Bonchev–Trinajstić information content (AvgIpc) is 3.06. The highest BCUT2D eigenvalue weighted by Gasteiger charge is 2.29. The van der Waals surface area contributed by atoms with E-state index in [4.69, 9.17) is 4.74 Å². The van der Waals surface area contributed by atoms with E-state index in [1.807, 2.05) is 24.3 Å². The lowest BCUT2D eigenvalue weighted by Gasteiger charge is -2.26. The van der Waals surface area contributed by atoms with Gasteiger partial charge in [-0.15, -0.1) is 35.5 Å². The van der Waals surface area contributed by atoms with Gasteiger partial charge in [0.1, 0.15) is 5.00 Å². The minimum atomic E-state index is -0.347. The van der Waals surface area contributed by atoms with E-state index in [0.29, 0.717) is 22.7 Å². The van der Waals surface area contributed by atoms with Gasteiger partial charge in [0.15, 0.2) is 0 Å². The summed E-state index contributed by atoms with van der Waals surface area (Å²) in [6.07, 6.45) is 1.90. The summed E-state index contributed by atoms with van der Waals surface area (Å²) in [6.45, 7) is 9.13. The number of carbonyl (C=O) groups excluding carboxylic acids is 2. The first-order chi connectivity index (χ1) is 14.1. The Labute approximate surface area is 193 Å². The number of amides is 1. The molecule has 0 aliphatic carbocycles. The third-order valence-corrected chi connectivity index (χ3v) is 6.90. The van der Waals surface area contributed by atoms with Crippen molar-refractivity contribution in [2.45, 2.75) is 45.1 Å². The van der Waals surface area contributed by atoms with Crippen molar-refractivity contribution in [1.82, 2.24) is 4.90 Å². The quantitative estimate of drug-likeness (QED) is 0.410. The molecule has 0 bridgehead atoms. The number of carbonyl (C=O) groups is 2. The predicted octanol–water partition coefficient (Wildman–Crippen LogP) is 5.48. The fourth-order valence-electron chi connectivity index (χ4n) is 3.58. The van der Waals surface area contributed by atoms with Gasteiger partial charge < -0.3 is 10.1 Å². The molecule has 2 heterocycles. The molecule has 1 amide bonds. The molecular formula is C22H29ClN2O3S2. The molecule has 1 aromatic heterocycles. The summed E-state index contributed by atoms with van der Waals surface area (Å²) in [5.74, 6) is 0.357. The number of nitrogens with zero attached hydrogens (tertiary/aromatic N) is 1. The van der Waals surface area contributed by atoms with E-state index >= 15 is 0 Å². The Hall–Kier alpha value is -1.54. The summed E-state index contributed by atoms with van der Waals surface area (Å²) < 4.78 is 5.32. The summed E-state index contributed by atoms with van der Waals surface area (Å²) in [7, 11) is 0. The second kappa shape index (κ2) is 11.7. The first-order valence-corrected chi connectivity index (χ1v) is 12.0. The number of thioether (sulfide) groups is 1. The van der Waals surface area contributed by atoms with Crippen LogP contribution in [-0.4, -0.2) is 42.2 Å². The standard InChI is InChI=1S/C22H28N2O3S2.ClH/c1-4-12-24-13-11-15-18(14-24)29-21(19(15)22(26)27-5-2)23-20(25)16-9-7-8-10-17(16)28-6-3;/h7-10H,4-6,11-14H2,1-3H3,(H,23,25);1H. The topological polar surface area (TPSA) is 58.6 Å². The zero-order valence-electron chi connectivity index (χ0n) is 17.7. The van der Waals surface area contributed by atoms with Crippen LogP contribution in [0.2, 0.25) is 0 Å². The molecule has 164 valence electrons. The molecule has 5 nitrogen and oxygen atoms in total. The lowest BCUT2D eigenvalue weighted by atomic mass is 10.0. The molecule has 1 aliphatic rings. The largest absolute Gasteiger partial charge is 0.462 e. The molecule has 0 atom stereocenters.